The fourth-order valence-corrected chi connectivity index (χ4v) is 2.71. The summed E-state index contributed by atoms with van der Waals surface area (Å²) in [6.45, 7) is 2.06. The second-order valence-corrected chi connectivity index (χ2v) is 4.13. The second-order valence-electron chi connectivity index (χ2n) is 3.09. The Hall–Kier alpha value is -0.180. The Morgan fingerprint density at radius 3 is 2.36 bits per heavy atom. The van der Waals surface area contributed by atoms with Crippen molar-refractivity contribution in [1.82, 2.24) is 0 Å². The lowest BCUT2D eigenvalue weighted by molar-refractivity contribution is -0.143. The van der Waals surface area contributed by atoms with Crippen LogP contribution in [0.4, 0.5) is 0 Å². The highest BCUT2D eigenvalue weighted by Crippen LogP contribution is 2.53. The van der Waals surface area contributed by atoms with Crippen LogP contribution in [0.1, 0.15) is 26.2 Å². The summed E-state index contributed by atoms with van der Waals surface area (Å²) >= 11 is 1.69. The summed E-state index contributed by atoms with van der Waals surface area (Å²) in [5.74, 6) is -0.598. The van der Waals surface area contributed by atoms with Gasteiger partial charge in [-0.05, 0) is 25.5 Å². The number of carbonyl (C=O) groups is 1. The van der Waals surface area contributed by atoms with Gasteiger partial charge in [0.1, 0.15) is 0 Å². The average molecular weight is 174 g/mol. The molecular weight excluding hydrogens is 160 g/mol. The summed E-state index contributed by atoms with van der Waals surface area (Å²) < 4.78 is 0. The first kappa shape index (κ1) is 8.91. The van der Waals surface area contributed by atoms with Crippen molar-refractivity contribution in [3.8, 4) is 0 Å². The van der Waals surface area contributed by atoms with Crippen molar-refractivity contribution in [3.05, 3.63) is 0 Å². The van der Waals surface area contributed by atoms with Crippen LogP contribution in [0.2, 0.25) is 0 Å². The zero-order chi connectivity index (χ0) is 8.48. The van der Waals surface area contributed by atoms with Crippen LogP contribution >= 0.6 is 11.8 Å². The minimum atomic E-state index is -0.598. The summed E-state index contributed by atoms with van der Waals surface area (Å²) in [7, 11) is 0. The number of carboxylic acid groups (broad SMARTS) is 1. The second kappa shape index (κ2) is 3.05. The Balaban J connectivity index is 2.63. The van der Waals surface area contributed by atoms with Crippen molar-refractivity contribution < 1.29 is 9.90 Å². The van der Waals surface area contributed by atoms with Crippen LogP contribution < -0.4 is 0 Å². The first-order chi connectivity index (χ1) is 5.17. The molecule has 1 fully saturated rings. The summed E-state index contributed by atoms with van der Waals surface area (Å²) in [4.78, 5) is 10.8. The average Bonchev–Trinajstić information content (AvgIpc) is 2.71. The van der Waals surface area contributed by atoms with Gasteiger partial charge in [-0.25, -0.2) is 0 Å². The third kappa shape index (κ3) is 1.39. The van der Waals surface area contributed by atoms with Gasteiger partial charge in [-0.3, -0.25) is 4.79 Å². The zero-order valence-electron chi connectivity index (χ0n) is 6.96. The standard InChI is InChI=1S/C8H14O2S/c1-3-6(11-2)8(4-5-8)7(9)10/h6H,3-5H2,1-2H3,(H,9,10). The monoisotopic (exact) mass is 174 g/mol. The van der Waals surface area contributed by atoms with Gasteiger partial charge in [0.05, 0.1) is 5.41 Å². The van der Waals surface area contributed by atoms with Gasteiger partial charge in [-0.2, -0.15) is 11.8 Å². The third-order valence-corrected chi connectivity index (χ3v) is 3.84. The Labute approximate surface area is 71.4 Å². The smallest absolute Gasteiger partial charge is 0.310 e. The minimum absolute atomic E-state index is 0.319. The van der Waals surface area contributed by atoms with E-state index >= 15 is 0 Å². The molecule has 1 N–H and O–H groups in total. The van der Waals surface area contributed by atoms with Crippen LogP contribution in [0, 0.1) is 5.41 Å². The van der Waals surface area contributed by atoms with Crippen molar-refractivity contribution in [2.45, 2.75) is 31.4 Å². The maximum Gasteiger partial charge on any atom is 0.310 e. The molecule has 0 aromatic carbocycles. The number of thioether (sulfide) groups is 1. The molecule has 2 nitrogen and oxygen atoms in total. The Morgan fingerprint density at radius 2 is 2.27 bits per heavy atom. The van der Waals surface area contributed by atoms with E-state index in [-0.39, 0.29) is 5.41 Å². The van der Waals surface area contributed by atoms with E-state index in [4.69, 9.17) is 5.11 Å². The molecule has 0 bridgehead atoms. The molecule has 1 unspecified atom stereocenters. The van der Waals surface area contributed by atoms with Gasteiger partial charge in [0.25, 0.3) is 0 Å². The quantitative estimate of drug-likeness (QED) is 0.708. The Morgan fingerprint density at radius 1 is 1.73 bits per heavy atom. The highest BCUT2D eigenvalue weighted by molar-refractivity contribution is 7.99. The van der Waals surface area contributed by atoms with E-state index in [9.17, 15) is 4.79 Å². The SMILES string of the molecule is CCC(SC)C1(C(=O)O)CC1. The zero-order valence-corrected chi connectivity index (χ0v) is 7.78. The lowest BCUT2D eigenvalue weighted by atomic mass is 10.0. The minimum Gasteiger partial charge on any atom is -0.481 e. The van der Waals surface area contributed by atoms with Gasteiger partial charge in [-0.1, -0.05) is 6.92 Å². The van der Waals surface area contributed by atoms with Crippen molar-refractivity contribution in [2.24, 2.45) is 5.41 Å². The molecule has 0 spiro atoms. The van der Waals surface area contributed by atoms with Gasteiger partial charge in [0, 0.05) is 5.25 Å². The molecule has 0 aliphatic heterocycles. The molecule has 3 heteroatoms. The molecular formula is C8H14O2S. The summed E-state index contributed by atoms with van der Waals surface area (Å²) in [6, 6.07) is 0. The van der Waals surface area contributed by atoms with E-state index in [0.29, 0.717) is 5.25 Å². The van der Waals surface area contributed by atoms with Gasteiger partial charge in [0.2, 0.25) is 0 Å². The first-order valence-corrected chi connectivity index (χ1v) is 5.22. The van der Waals surface area contributed by atoms with Crippen molar-refractivity contribution in [2.75, 3.05) is 6.26 Å². The predicted molar refractivity (Wildman–Crippen MR) is 46.9 cm³/mol. The number of hydrogen-bond acceptors (Lipinski definition) is 2. The predicted octanol–water partition coefficient (Wildman–Crippen LogP) is 1.99. The van der Waals surface area contributed by atoms with Crippen molar-refractivity contribution in [3.63, 3.8) is 0 Å². The Bertz CT molecular complexity index is 159. The number of hydrogen-bond donors (Lipinski definition) is 1. The molecule has 0 radical (unpaired) electrons. The fraction of sp³-hybridized carbons (Fsp3) is 0.875. The molecule has 64 valence electrons. The van der Waals surface area contributed by atoms with Crippen molar-refractivity contribution in [1.29, 1.82) is 0 Å². The third-order valence-electron chi connectivity index (χ3n) is 2.49. The molecule has 0 aromatic heterocycles. The van der Waals surface area contributed by atoms with Gasteiger partial charge in [-0.15, -0.1) is 0 Å². The van der Waals surface area contributed by atoms with E-state index in [0.717, 1.165) is 19.3 Å². The van der Waals surface area contributed by atoms with E-state index in [1.165, 1.54) is 0 Å². The van der Waals surface area contributed by atoms with Crippen LogP contribution in [-0.4, -0.2) is 22.6 Å². The molecule has 1 rings (SSSR count). The van der Waals surface area contributed by atoms with Gasteiger partial charge in [0.15, 0.2) is 0 Å². The molecule has 1 atom stereocenters. The molecule has 0 heterocycles. The fourth-order valence-electron chi connectivity index (χ4n) is 1.59. The highest BCUT2D eigenvalue weighted by Gasteiger charge is 2.55. The van der Waals surface area contributed by atoms with E-state index in [1.54, 1.807) is 11.8 Å². The van der Waals surface area contributed by atoms with Gasteiger partial charge < -0.3 is 5.11 Å². The summed E-state index contributed by atoms with van der Waals surface area (Å²) in [5, 5.41) is 9.24. The number of rotatable bonds is 4. The van der Waals surface area contributed by atoms with Crippen LogP contribution in [0.15, 0.2) is 0 Å². The van der Waals surface area contributed by atoms with E-state index < -0.39 is 5.97 Å². The molecule has 1 saturated carbocycles. The molecule has 1 aliphatic rings. The first-order valence-electron chi connectivity index (χ1n) is 3.93. The van der Waals surface area contributed by atoms with Crippen LogP contribution in [0.25, 0.3) is 0 Å². The van der Waals surface area contributed by atoms with Gasteiger partial charge >= 0.3 is 5.97 Å². The lowest BCUT2D eigenvalue weighted by Crippen LogP contribution is -2.26. The topological polar surface area (TPSA) is 37.3 Å². The summed E-state index contributed by atoms with van der Waals surface area (Å²) in [6.07, 6.45) is 4.72. The molecule has 0 aromatic rings. The maximum atomic E-state index is 10.8. The largest absolute Gasteiger partial charge is 0.481 e. The normalized spacial score (nSPS) is 22.7. The van der Waals surface area contributed by atoms with Crippen LogP contribution in [0.5, 0.6) is 0 Å². The molecule has 0 saturated heterocycles. The molecule has 11 heavy (non-hydrogen) atoms. The van der Waals surface area contributed by atoms with E-state index in [2.05, 4.69) is 6.92 Å². The van der Waals surface area contributed by atoms with Crippen LogP contribution in [-0.2, 0) is 4.79 Å². The molecule has 1 aliphatic carbocycles. The Kier molecular flexibility index (Phi) is 2.47. The number of carboxylic acids is 1. The van der Waals surface area contributed by atoms with Crippen molar-refractivity contribution >= 4 is 17.7 Å². The van der Waals surface area contributed by atoms with E-state index in [1.807, 2.05) is 6.26 Å². The maximum absolute atomic E-state index is 10.8. The van der Waals surface area contributed by atoms with Crippen LogP contribution in [0.3, 0.4) is 0 Å². The molecule has 0 amide bonds. The number of aliphatic carboxylic acids is 1. The highest BCUT2D eigenvalue weighted by atomic mass is 32.2. The summed E-state index contributed by atoms with van der Waals surface area (Å²) in [5.41, 5.74) is -0.353. The lowest BCUT2D eigenvalue weighted by Gasteiger charge is -2.19.